The van der Waals surface area contributed by atoms with Gasteiger partial charge in [-0.05, 0) is 32.9 Å². The minimum atomic E-state index is -0.0832. The van der Waals surface area contributed by atoms with Crippen LogP contribution >= 0.6 is 0 Å². The molecule has 6 nitrogen and oxygen atoms in total. The van der Waals surface area contributed by atoms with Crippen LogP contribution in [0.3, 0.4) is 0 Å². The van der Waals surface area contributed by atoms with E-state index in [0.29, 0.717) is 30.2 Å². The Bertz CT molecular complexity index is 694. The van der Waals surface area contributed by atoms with E-state index in [9.17, 15) is 9.59 Å². The molecule has 0 bridgehead atoms. The maximum Gasteiger partial charge on any atom is 0.256 e. The van der Waals surface area contributed by atoms with Crippen LogP contribution in [0.5, 0.6) is 0 Å². The Morgan fingerprint density at radius 2 is 1.74 bits per heavy atom. The topological polar surface area (TPSA) is 75.2 Å². The van der Waals surface area contributed by atoms with Gasteiger partial charge in [0.1, 0.15) is 0 Å². The van der Waals surface area contributed by atoms with Crippen molar-refractivity contribution >= 4 is 23.3 Å². The van der Waals surface area contributed by atoms with Gasteiger partial charge in [0, 0.05) is 36.7 Å². The standard InChI is InChI=1S/C17H20N4O2/c1-4-21(5-2)16(23)14-10-18-17(19-11-14)20-15-8-6-7-13(9-15)12(3)22/h6-11H,4-5H2,1-3H3,(H,18,19,20). The van der Waals surface area contributed by atoms with E-state index in [-0.39, 0.29) is 11.7 Å². The van der Waals surface area contributed by atoms with Crippen LogP contribution in [0, 0.1) is 0 Å². The van der Waals surface area contributed by atoms with Crippen molar-refractivity contribution in [2.24, 2.45) is 0 Å². The average Bonchev–Trinajstić information content (AvgIpc) is 2.56. The number of nitrogens with one attached hydrogen (secondary N) is 1. The summed E-state index contributed by atoms with van der Waals surface area (Å²) in [5.41, 5.74) is 1.79. The van der Waals surface area contributed by atoms with Gasteiger partial charge in [0.25, 0.3) is 5.91 Å². The molecule has 1 amide bonds. The Morgan fingerprint density at radius 3 is 2.30 bits per heavy atom. The molecule has 0 aliphatic heterocycles. The Balaban J connectivity index is 2.12. The normalized spacial score (nSPS) is 10.2. The highest BCUT2D eigenvalue weighted by atomic mass is 16.2. The second-order valence-electron chi connectivity index (χ2n) is 5.03. The van der Waals surface area contributed by atoms with Crippen LogP contribution in [0.15, 0.2) is 36.7 Å². The largest absolute Gasteiger partial charge is 0.339 e. The summed E-state index contributed by atoms with van der Waals surface area (Å²) in [7, 11) is 0. The molecule has 1 aromatic carbocycles. The Kier molecular flexibility index (Phi) is 5.41. The second kappa shape index (κ2) is 7.49. The van der Waals surface area contributed by atoms with Crippen LogP contribution in [0.25, 0.3) is 0 Å². The van der Waals surface area contributed by atoms with Gasteiger partial charge in [0.05, 0.1) is 5.56 Å². The van der Waals surface area contributed by atoms with E-state index in [1.807, 2.05) is 19.9 Å². The number of ketones is 1. The van der Waals surface area contributed by atoms with E-state index >= 15 is 0 Å². The number of Topliss-reactive ketones (excluding diaryl/α,β-unsaturated/α-hetero) is 1. The van der Waals surface area contributed by atoms with Crippen molar-refractivity contribution in [3.63, 3.8) is 0 Å². The van der Waals surface area contributed by atoms with E-state index in [1.54, 1.807) is 23.1 Å². The van der Waals surface area contributed by atoms with Crippen LogP contribution < -0.4 is 5.32 Å². The molecule has 23 heavy (non-hydrogen) atoms. The minimum absolute atomic E-state index is 0.00487. The summed E-state index contributed by atoms with van der Waals surface area (Å²) >= 11 is 0. The van der Waals surface area contributed by atoms with E-state index in [2.05, 4.69) is 15.3 Å². The molecule has 120 valence electrons. The number of carbonyl (C=O) groups excluding carboxylic acids is 2. The van der Waals surface area contributed by atoms with Crippen LogP contribution in [0.2, 0.25) is 0 Å². The third kappa shape index (κ3) is 4.12. The summed E-state index contributed by atoms with van der Waals surface area (Å²) in [5, 5.41) is 3.02. The molecule has 0 fully saturated rings. The molecule has 1 N–H and O–H groups in total. The van der Waals surface area contributed by atoms with Crippen molar-refractivity contribution in [2.45, 2.75) is 20.8 Å². The van der Waals surface area contributed by atoms with Gasteiger partial charge < -0.3 is 10.2 Å². The van der Waals surface area contributed by atoms with Gasteiger partial charge in [-0.2, -0.15) is 0 Å². The first kappa shape index (κ1) is 16.6. The zero-order valence-corrected chi connectivity index (χ0v) is 13.5. The number of aromatic nitrogens is 2. The minimum Gasteiger partial charge on any atom is -0.339 e. The van der Waals surface area contributed by atoms with E-state index < -0.39 is 0 Å². The smallest absolute Gasteiger partial charge is 0.256 e. The molecule has 0 saturated heterocycles. The van der Waals surface area contributed by atoms with Crippen LogP contribution in [0.4, 0.5) is 11.6 Å². The first-order chi connectivity index (χ1) is 11.0. The molecule has 1 aromatic heterocycles. The van der Waals surface area contributed by atoms with Gasteiger partial charge >= 0.3 is 0 Å². The van der Waals surface area contributed by atoms with Crippen molar-refractivity contribution in [1.82, 2.24) is 14.9 Å². The Morgan fingerprint density at radius 1 is 1.09 bits per heavy atom. The van der Waals surface area contributed by atoms with Crippen molar-refractivity contribution in [3.8, 4) is 0 Å². The third-order valence-electron chi connectivity index (χ3n) is 3.47. The van der Waals surface area contributed by atoms with Gasteiger partial charge in [-0.25, -0.2) is 9.97 Å². The molecule has 2 aromatic rings. The van der Waals surface area contributed by atoms with E-state index in [4.69, 9.17) is 0 Å². The molecule has 0 aliphatic carbocycles. The van der Waals surface area contributed by atoms with Gasteiger partial charge in [0.2, 0.25) is 5.95 Å². The fourth-order valence-corrected chi connectivity index (χ4v) is 2.14. The molecule has 6 heteroatoms. The average molecular weight is 312 g/mol. The van der Waals surface area contributed by atoms with Gasteiger partial charge in [-0.15, -0.1) is 0 Å². The fourth-order valence-electron chi connectivity index (χ4n) is 2.14. The molecule has 0 saturated carbocycles. The lowest BCUT2D eigenvalue weighted by molar-refractivity contribution is 0.0772. The highest BCUT2D eigenvalue weighted by Gasteiger charge is 2.13. The lowest BCUT2D eigenvalue weighted by atomic mass is 10.1. The van der Waals surface area contributed by atoms with Crippen LogP contribution in [0.1, 0.15) is 41.5 Å². The number of nitrogens with zero attached hydrogens (tertiary/aromatic N) is 3. The predicted molar refractivity (Wildman–Crippen MR) is 89.0 cm³/mol. The summed E-state index contributed by atoms with van der Waals surface area (Å²) < 4.78 is 0. The quantitative estimate of drug-likeness (QED) is 0.830. The first-order valence-electron chi connectivity index (χ1n) is 7.54. The summed E-state index contributed by atoms with van der Waals surface area (Å²) in [6, 6.07) is 7.10. The maximum atomic E-state index is 12.2. The number of benzene rings is 1. The van der Waals surface area contributed by atoms with Crippen molar-refractivity contribution in [1.29, 1.82) is 0 Å². The third-order valence-corrected chi connectivity index (χ3v) is 3.47. The van der Waals surface area contributed by atoms with Gasteiger partial charge in [0.15, 0.2) is 5.78 Å². The molecule has 0 spiro atoms. The van der Waals surface area contributed by atoms with E-state index in [1.165, 1.54) is 19.3 Å². The molecular formula is C17H20N4O2. The number of carbonyl (C=O) groups is 2. The molecule has 2 rings (SSSR count). The molecule has 0 radical (unpaired) electrons. The molecule has 0 atom stereocenters. The molecule has 0 aliphatic rings. The lowest BCUT2D eigenvalue weighted by Gasteiger charge is -2.18. The van der Waals surface area contributed by atoms with Gasteiger partial charge in [-0.1, -0.05) is 12.1 Å². The Labute approximate surface area is 135 Å². The number of hydrogen-bond donors (Lipinski definition) is 1. The zero-order chi connectivity index (χ0) is 16.8. The monoisotopic (exact) mass is 312 g/mol. The number of anilines is 2. The summed E-state index contributed by atoms with van der Waals surface area (Å²) in [4.78, 5) is 33.6. The highest BCUT2D eigenvalue weighted by Crippen LogP contribution is 2.15. The summed E-state index contributed by atoms with van der Waals surface area (Å²) in [5.74, 6) is 0.289. The summed E-state index contributed by atoms with van der Waals surface area (Å²) in [6.07, 6.45) is 3.01. The van der Waals surface area contributed by atoms with Crippen molar-refractivity contribution in [3.05, 3.63) is 47.8 Å². The fraction of sp³-hybridized carbons (Fsp3) is 0.294. The number of hydrogen-bond acceptors (Lipinski definition) is 5. The van der Waals surface area contributed by atoms with Crippen LogP contribution in [-0.4, -0.2) is 39.6 Å². The maximum absolute atomic E-state index is 12.2. The Hall–Kier alpha value is -2.76. The van der Waals surface area contributed by atoms with Gasteiger partial charge in [-0.3, -0.25) is 9.59 Å². The molecule has 0 unspecified atom stereocenters. The van der Waals surface area contributed by atoms with Crippen LogP contribution in [-0.2, 0) is 0 Å². The number of amides is 1. The number of rotatable bonds is 6. The first-order valence-corrected chi connectivity index (χ1v) is 7.54. The SMILES string of the molecule is CCN(CC)C(=O)c1cnc(Nc2cccc(C(C)=O)c2)nc1. The summed E-state index contributed by atoms with van der Waals surface area (Å²) in [6.45, 7) is 6.67. The lowest BCUT2D eigenvalue weighted by Crippen LogP contribution is -2.30. The van der Waals surface area contributed by atoms with Crippen molar-refractivity contribution in [2.75, 3.05) is 18.4 Å². The van der Waals surface area contributed by atoms with E-state index in [0.717, 1.165) is 5.69 Å². The predicted octanol–water partition coefficient (Wildman–Crippen LogP) is 2.90. The highest BCUT2D eigenvalue weighted by molar-refractivity contribution is 5.95. The molecule has 1 heterocycles. The second-order valence-corrected chi connectivity index (χ2v) is 5.03. The molecular weight excluding hydrogens is 292 g/mol. The van der Waals surface area contributed by atoms with Crippen molar-refractivity contribution < 1.29 is 9.59 Å². The zero-order valence-electron chi connectivity index (χ0n) is 13.5.